The molecule has 1 aliphatic rings. The van der Waals surface area contributed by atoms with E-state index in [1.54, 1.807) is 12.3 Å². The molecule has 0 amide bonds. The zero-order valence-corrected chi connectivity index (χ0v) is 10.9. The number of hydrogen-bond acceptors (Lipinski definition) is 5. The van der Waals surface area contributed by atoms with E-state index in [9.17, 15) is 0 Å². The van der Waals surface area contributed by atoms with Crippen molar-refractivity contribution in [1.82, 2.24) is 4.98 Å². The first kappa shape index (κ1) is 12.5. The van der Waals surface area contributed by atoms with E-state index in [2.05, 4.69) is 10.1 Å². The maximum absolute atomic E-state index is 8.87. The van der Waals surface area contributed by atoms with Crippen LogP contribution in [0.25, 0.3) is 0 Å². The van der Waals surface area contributed by atoms with Gasteiger partial charge in [-0.15, -0.1) is 0 Å². The molecule has 2 heterocycles. The number of aromatic nitrogens is 1. The number of aryl methyl sites for hydroxylation is 2. The Balaban J connectivity index is 1.91. The second kappa shape index (κ2) is 5.24. The number of nitrogens with zero attached hydrogens (tertiary/aromatic N) is 2. The van der Waals surface area contributed by atoms with Crippen LogP contribution in [0.3, 0.4) is 0 Å². The molecule has 0 atom stereocenters. The monoisotopic (exact) mass is 273 g/mol. The minimum atomic E-state index is 0.00152. The molecule has 0 aliphatic heterocycles. The van der Waals surface area contributed by atoms with Crippen LogP contribution in [0.4, 0.5) is 0 Å². The molecule has 2 aromatic rings. The third-order valence-corrected chi connectivity index (χ3v) is 3.33. The van der Waals surface area contributed by atoms with Crippen LogP contribution in [0, 0.1) is 0 Å². The second-order valence-corrected chi connectivity index (χ2v) is 4.65. The average Bonchev–Trinajstić information content (AvgIpc) is 3.13. The number of nitrogens with two attached hydrogens (primary N) is 1. The molecule has 2 aromatic heterocycles. The number of fused-ring (bicyclic) bond motifs is 1. The number of hydrogen-bond donors (Lipinski definition) is 2. The Morgan fingerprint density at radius 3 is 3.15 bits per heavy atom. The van der Waals surface area contributed by atoms with Crippen molar-refractivity contribution >= 4 is 5.84 Å². The molecule has 6 heteroatoms. The topological polar surface area (TPSA) is 93.9 Å². The van der Waals surface area contributed by atoms with Gasteiger partial charge in [0.15, 0.2) is 5.84 Å². The highest BCUT2D eigenvalue weighted by molar-refractivity contribution is 5.99. The summed E-state index contributed by atoms with van der Waals surface area (Å²) in [4.78, 5) is 4.49. The van der Waals surface area contributed by atoms with Crippen LogP contribution in [-0.2, 0) is 19.4 Å². The van der Waals surface area contributed by atoms with Gasteiger partial charge in [0.1, 0.15) is 12.4 Å². The van der Waals surface area contributed by atoms with E-state index >= 15 is 0 Å². The minimum absolute atomic E-state index is 0.00152. The summed E-state index contributed by atoms with van der Waals surface area (Å²) in [5.74, 6) is 1.07. The first-order chi connectivity index (χ1) is 9.78. The summed E-state index contributed by atoms with van der Waals surface area (Å²) in [6, 6.07) is 5.50. The summed E-state index contributed by atoms with van der Waals surface area (Å²) < 4.78 is 10.9. The minimum Gasteiger partial charge on any atom is -0.469 e. The van der Waals surface area contributed by atoms with Gasteiger partial charge in [0.05, 0.1) is 11.8 Å². The van der Waals surface area contributed by atoms with Crippen LogP contribution < -0.4 is 10.5 Å². The third-order valence-electron chi connectivity index (χ3n) is 3.33. The van der Waals surface area contributed by atoms with Gasteiger partial charge in [-0.25, -0.2) is 4.98 Å². The van der Waals surface area contributed by atoms with E-state index in [1.165, 1.54) is 0 Å². The Morgan fingerprint density at radius 1 is 1.50 bits per heavy atom. The molecule has 0 aromatic carbocycles. The lowest BCUT2D eigenvalue weighted by atomic mass is 10.1. The average molecular weight is 273 g/mol. The Morgan fingerprint density at radius 2 is 2.40 bits per heavy atom. The fourth-order valence-electron chi connectivity index (χ4n) is 2.33. The molecule has 0 spiro atoms. The third kappa shape index (κ3) is 2.32. The van der Waals surface area contributed by atoms with Crippen LogP contribution >= 0.6 is 0 Å². The Labute approximate surface area is 115 Å². The Bertz CT molecular complexity index is 635. The number of amidine groups is 1. The standard InChI is InChI=1S/C14H15N3O3/c15-13(17-18)11-7-9-3-1-5-12(9)16-14(11)20-8-10-4-2-6-19-10/h2,4,6-7,18H,1,3,5,8H2,(H2,15,17). The lowest BCUT2D eigenvalue weighted by molar-refractivity contribution is 0.259. The molecule has 20 heavy (non-hydrogen) atoms. The first-order valence-corrected chi connectivity index (χ1v) is 6.44. The van der Waals surface area contributed by atoms with Crippen LogP contribution in [0.2, 0.25) is 0 Å². The normalized spacial score (nSPS) is 14.3. The second-order valence-electron chi connectivity index (χ2n) is 4.65. The molecule has 0 saturated heterocycles. The van der Waals surface area contributed by atoms with Crippen LogP contribution in [0.15, 0.2) is 34.0 Å². The van der Waals surface area contributed by atoms with Gasteiger partial charge in [-0.2, -0.15) is 0 Å². The van der Waals surface area contributed by atoms with E-state index in [1.807, 2.05) is 12.1 Å². The quantitative estimate of drug-likeness (QED) is 0.383. The summed E-state index contributed by atoms with van der Waals surface area (Å²) in [6.45, 7) is 0.254. The van der Waals surface area contributed by atoms with Crippen molar-refractivity contribution in [2.24, 2.45) is 10.9 Å². The number of ether oxygens (including phenoxy) is 1. The van der Waals surface area contributed by atoms with Gasteiger partial charge in [-0.3, -0.25) is 0 Å². The molecule has 6 nitrogen and oxygen atoms in total. The molecule has 3 rings (SSSR count). The number of furan rings is 1. The van der Waals surface area contributed by atoms with Gasteiger partial charge < -0.3 is 20.1 Å². The van der Waals surface area contributed by atoms with Gasteiger partial charge >= 0.3 is 0 Å². The van der Waals surface area contributed by atoms with E-state index in [-0.39, 0.29) is 12.4 Å². The van der Waals surface area contributed by atoms with E-state index in [0.29, 0.717) is 17.2 Å². The van der Waals surface area contributed by atoms with Crippen molar-refractivity contribution < 1.29 is 14.4 Å². The van der Waals surface area contributed by atoms with Crippen LogP contribution in [0.5, 0.6) is 5.88 Å². The predicted octanol–water partition coefficient (Wildman–Crippen LogP) is 1.84. The fraction of sp³-hybridized carbons (Fsp3) is 0.286. The van der Waals surface area contributed by atoms with Gasteiger partial charge in [0.25, 0.3) is 0 Å². The highest BCUT2D eigenvalue weighted by Gasteiger charge is 2.19. The molecular weight excluding hydrogens is 258 g/mol. The lowest BCUT2D eigenvalue weighted by Crippen LogP contribution is -2.16. The molecule has 0 unspecified atom stereocenters. The number of pyridine rings is 1. The van der Waals surface area contributed by atoms with Gasteiger partial charge in [0, 0.05) is 5.69 Å². The highest BCUT2D eigenvalue weighted by atomic mass is 16.5. The van der Waals surface area contributed by atoms with E-state index in [0.717, 1.165) is 30.5 Å². The largest absolute Gasteiger partial charge is 0.469 e. The molecule has 0 saturated carbocycles. The Kier molecular flexibility index (Phi) is 3.28. The zero-order chi connectivity index (χ0) is 13.9. The zero-order valence-electron chi connectivity index (χ0n) is 10.9. The summed E-state index contributed by atoms with van der Waals surface area (Å²) in [7, 11) is 0. The van der Waals surface area contributed by atoms with E-state index in [4.69, 9.17) is 20.1 Å². The summed E-state index contributed by atoms with van der Waals surface area (Å²) in [6.07, 6.45) is 4.55. The van der Waals surface area contributed by atoms with Crippen molar-refractivity contribution in [3.8, 4) is 5.88 Å². The van der Waals surface area contributed by atoms with Crippen molar-refractivity contribution in [1.29, 1.82) is 0 Å². The van der Waals surface area contributed by atoms with Crippen molar-refractivity contribution in [2.75, 3.05) is 0 Å². The summed E-state index contributed by atoms with van der Waals surface area (Å²) in [5.41, 5.74) is 8.37. The fourth-order valence-corrected chi connectivity index (χ4v) is 2.33. The smallest absolute Gasteiger partial charge is 0.225 e. The highest BCUT2D eigenvalue weighted by Crippen LogP contribution is 2.27. The SMILES string of the molecule is NC(=NO)c1cc2c(nc1OCc1ccco1)CCC2. The molecule has 3 N–H and O–H groups in total. The van der Waals surface area contributed by atoms with Gasteiger partial charge in [-0.1, -0.05) is 5.16 Å². The molecule has 0 fully saturated rings. The first-order valence-electron chi connectivity index (χ1n) is 6.44. The molecule has 0 radical (unpaired) electrons. The van der Waals surface area contributed by atoms with Crippen LogP contribution in [0.1, 0.15) is 29.0 Å². The van der Waals surface area contributed by atoms with Gasteiger partial charge in [0.2, 0.25) is 5.88 Å². The number of rotatable bonds is 4. The summed E-state index contributed by atoms with van der Waals surface area (Å²) in [5, 5.41) is 11.9. The number of oxime groups is 1. The Hall–Kier alpha value is -2.50. The maximum atomic E-state index is 8.87. The van der Waals surface area contributed by atoms with E-state index < -0.39 is 0 Å². The van der Waals surface area contributed by atoms with Crippen LogP contribution in [-0.4, -0.2) is 16.0 Å². The maximum Gasteiger partial charge on any atom is 0.225 e. The molecule has 0 bridgehead atoms. The summed E-state index contributed by atoms with van der Waals surface area (Å²) >= 11 is 0. The van der Waals surface area contributed by atoms with Crippen molar-refractivity contribution in [3.63, 3.8) is 0 Å². The molecule has 104 valence electrons. The predicted molar refractivity (Wildman–Crippen MR) is 71.8 cm³/mol. The van der Waals surface area contributed by atoms with Gasteiger partial charge in [-0.05, 0) is 43.0 Å². The lowest BCUT2D eigenvalue weighted by Gasteiger charge is -2.11. The molecular formula is C14H15N3O3. The molecule has 1 aliphatic carbocycles. The van der Waals surface area contributed by atoms with Crippen molar-refractivity contribution in [2.45, 2.75) is 25.9 Å². The van der Waals surface area contributed by atoms with Crippen molar-refractivity contribution in [3.05, 3.63) is 47.0 Å².